The van der Waals surface area contributed by atoms with Gasteiger partial charge in [0.15, 0.2) is 0 Å². The molecule has 1 saturated heterocycles. The van der Waals surface area contributed by atoms with Gasteiger partial charge in [0.25, 0.3) is 0 Å². The normalized spacial score (nSPS) is 25.1. The molecule has 0 saturated carbocycles. The average Bonchev–Trinajstić information content (AvgIpc) is 2.64. The molecular formula is C16H23N. The fourth-order valence-electron chi connectivity index (χ4n) is 3.28. The topological polar surface area (TPSA) is 12.0 Å². The molecule has 1 fully saturated rings. The van der Waals surface area contributed by atoms with Gasteiger partial charge in [-0.2, -0.15) is 0 Å². The molecule has 0 spiro atoms. The van der Waals surface area contributed by atoms with E-state index in [4.69, 9.17) is 0 Å². The fourth-order valence-corrected chi connectivity index (χ4v) is 3.28. The highest BCUT2D eigenvalue weighted by Gasteiger charge is 2.16. The van der Waals surface area contributed by atoms with Crippen molar-refractivity contribution in [1.29, 1.82) is 0 Å². The van der Waals surface area contributed by atoms with Crippen molar-refractivity contribution in [2.24, 2.45) is 0 Å². The molecule has 1 aliphatic heterocycles. The third-order valence-corrected chi connectivity index (χ3v) is 4.34. The van der Waals surface area contributed by atoms with Crippen molar-refractivity contribution in [3.8, 4) is 0 Å². The van der Waals surface area contributed by atoms with Crippen molar-refractivity contribution in [3.05, 3.63) is 34.9 Å². The Balaban J connectivity index is 1.83. The maximum Gasteiger partial charge on any atom is 0.0320 e. The molecule has 3 rings (SSSR count). The van der Waals surface area contributed by atoms with E-state index >= 15 is 0 Å². The first-order valence-electron chi connectivity index (χ1n) is 7.28. The maximum atomic E-state index is 3.66. The lowest BCUT2D eigenvalue weighted by Gasteiger charge is -2.24. The number of rotatable bonds is 1. The van der Waals surface area contributed by atoms with E-state index in [1.54, 1.807) is 11.1 Å². The summed E-state index contributed by atoms with van der Waals surface area (Å²) in [7, 11) is 0. The smallest absolute Gasteiger partial charge is 0.0320 e. The van der Waals surface area contributed by atoms with Crippen LogP contribution < -0.4 is 5.32 Å². The van der Waals surface area contributed by atoms with E-state index in [1.165, 1.54) is 63.5 Å². The Bertz CT molecular complexity index is 377. The van der Waals surface area contributed by atoms with Gasteiger partial charge in [0.2, 0.25) is 0 Å². The summed E-state index contributed by atoms with van der Waals surface area (Å²) in [6, 6.07) is 7.88. The van der Waals surface area contributed by atoms with Crippen LogP contribution in [-0.4, -0.2) is 6.54 Å². The van der Waals surface area contributed by atoms with E-state index < -0.39 is 0 Å². The SMILES string of the molecule is c1cc2c(cc1C1CCCCN1)CCCCC2. The number of benzene rings is 1. The van der Waals surface area contributed by atoms with Crippen molar-refractivity contribution >= 4 is 0 Å². The van der Waals surface area contributed by atoms with Gasteiger partial charge in [-0.05, 0) is 61.8 Å². The zero-order valence-corrected chi connectivity index (χ0v) is 10.7. The Morgan fingerprint density at radius 1 is 0.882 bits per heavy atom. The first kappa shape index (κ1) is 11.3. The van der Waals surface area contributed by atoms with Crippen LogP contribution in [0.2, 0.25) is 0 Å². The van der Waals surface area contributed by atoms with Crippen molar-refractivity contribution in [3.63, 3.8) is 0 Å². The molecule has 1 aromatic carbocycles. The van der Waals surface area contributed by atoms with Crippen LogP contribution in [0, 0.1) is 0 Å². The van der Waals surface area contributed by atoms with Crippen LogP contribution in [0.1, 0.15) is 61.3 Å². The molecule has 0 amide bonds. The predicted molar refractivity (Wildman–Crippen MR) is 72.3 cm³/mol. The van der Waals surface area contributed by atoms with Crippen molar-refractivity contribution in [2.45, 2.75) is 57.4 Å². The molecule has 1 heteroatoms. The Hall–Kier alpha value is -0.820. The molecule has 1 nitrogen and oxygen atoms in total. The highest BCUT2D eigenvalue weighted by molar-refractivity contribution is 5.34. The maximum absolute atomic E-state index is 3.66. The highest BCUT2D eigenvalue weighted by atomic mass is 14.9. The van der Waals surface area contributed by atoms with Gasteiger partial charge in [0.1, 0.15) is 0 Å². The molecule has 2 aliphatic rings. The lowest BCUT2D eigenvalue weighted by Crippen LogP contribution is -2.26. The molecule has 0 bridgehead atoms. The number of nitrogens with one attached hydrogen (secondary N) is 1. The van der Waals surface area contributed by atoms with E-state index in [0.29, 0.717) is 6.04 Å². The summed E-state index contributed by atoms with van der Waals surface area (Å²) in [5, 5.41) is 3.66. The monoisotopic (exact) mass is 229 g/mol. The summed E-state index contributed by atoms with van der Waals surface area (Å²) >= 11 is 0. The van der Waals surface area contributed by atoms with Crippen LogP contribution in [0.15, 0.2) is 18.2 Å². The second-order valence-corrected chi connectivity index (χ2v) is 5.59. The third kappa shape index (κ3) is 2.55. The van der Waals surface area contributed by atoms with Gasteiger partial charge in [-0.15, -0.1) is 0 Å². The second kappa shape index (κ2) is 5.22. The largest absolute Gasteiger partial charge is 0.310 e. The van der Waals surface area contributed by atoms with Gasteiger partial charge >= 0.3 is 0 Å². The number of hydrogen-bond acceptors (Lipinski definition) is 1. The summed E-state index contributed by atoms with van der Waals surface area (Å²) in [6.07, 6.45) is 10.8. The van der Waals surface area contributed by atoms with Gasteiger partial charge in [-0.1, -0.05) is 31.0 Å². The number of hydrogen-bond donors (Lipinski definition) is 1. The van der Waals surface area contributed by atoms with Crippen LogP contribution in [0.5, 0.6) is 0 Å². The van der Waals surface area contributed by atoms with E-state index in [2.05, 4.69) is 23.5 Å². The molecular weight excluding hydrogens is 206 g/mol. The molecule has 92 valence electrons. The van der Waals surface area contributed by atoms with E-state index in [9.17, 15) is 0 Å². The minimum Gasteiger partial charge on any atom is -0.310 e. The van der Waals surface area contributed by atoms with Gasteiger partial charge < -0.3 is 5.32 Å². The predicted octanol–water partition coefficient (Wildman–Crippen LogP) is 3.77. The quantitative estimate of drug-likeness (QED) is 0.723. The molecule has 0 radical (unpaired) electrons. The summed E-state index contributed by atoms with van der Waals surface area (Å²) < 4.78 is 0. The van der Waals surface area contributed by atoms with Crippen molar-refractivity contribution in [2.75, 3.05) is 6.54 Å². The Labute approximate surface area is 105 Å². The second-order valence-electron chi connectivity index (χ2n) is 5.59. The first-order chi connectivity index (χ1) is 8.43. The average molecular weight is 229 g/mol. The van der Waals surface area contributed by atoms with Crippen molar-refractivity contribution < 1.29 is 0 Å². The minimum absolute atomic E-state index is 0.623. The standard InChI is InChI=1S/C16H23N/c1-2-6-13-9-10-15(12-14(13)7-3-1)16-8-4-5-11-17-16/h9-10,12,16-17H,1-8,11H2. The van der Waals surface area contributed by atoms with Gasteiger partial charge in [0, 0.05) is 6.04 Å². The van der Waals surface area contributed by atoms with Crippen LogP contribution >= 0.6 is 0 Å². The van der Waals surface area contributed by atoms with Gasteiger partial charge in [-0.3, -0.25) is 0 Å². The number of aryl methyl sites for hydroxylation is 2. The van der Waals surface area contributed by atoms with E-state index in [0.717, 1.165) is 0 Å². The van der Waals surface area contributed by atoms with Crippen molar-refractivity contribution in [1.82, 2.24) is 5.32 Å². The molecule has 1 aliphatic carbocycles. The zero-order valence-electron chi connectivity index (χ0n) is 10.7. The highest BCUT2D eigenvalue weighted by Crippen LogP contribution is 2.27. The zero-order chi connectivity index (χ0) is 11.5. The summed E-state index contributed by atoms with van der Waals surface area (Å²) in [5.41, 5.74) is 4.78. The Morgan fingerprint density at radius 3 is 2.59 bits per heavy atom. The summed E-state index contributed by atoms with van der Waals surface area (Å²) in [6.45, 7) is 1.20. The minimum atomic E-state index is 0.623. The van der Waals surface area contributed by atoms with Crippen LogP contribution in [-0.2, 0) is 12.8 Å². The molecule has 1 atom stereocenters. The lowest BCUT2D eigenvalue weighted by molar-refractivity contribution is 0.412. The number of piperidine rings is 1. The van der Waals surface area contributed by atoms with Crippen LogP contribution in [0.4, 0.5) is 0 Å². The molecule has 0 aromatic heterocycles. The molecule has 1 unspecified atom stereocenters. The molecule has 1 aromatic rings. The van der Waals surface area contributed by atoms with E-state index in [-0.39, 0.29) is 0 Å². The van der Waals surface area contributed by atoms with E-state index in [1.807, 2.05) is 0 Å². The van der Waals surface area contributed by atoms with Gasteiger partial charge in [-0.25, -0.2) is 0 Å². The molecule has 17 heavy (non-hydrogen) atoms. The summed E-state index contributed by atoms with van der Waals surface area (Å²) in [5.74, 6) is 0. The fraction of sp³-hybridized carbons (Fsp3) is 0.625. The summed E-state index contributed by atoms with van der Waals surface area (Å²) in [4.78, 5) is 0. The molecule has 1 N–H and O–H groups in total. The first-order valence-corrected chi connectivity index (χ1v) is 7.28. The lowest BCUT2D eigenvalue weighted by atomic mass is 9.93. The third-order valence-electron chi connectivity index (χ3n) is 4.34. The van der Waals surface area contributed by atoms with Crippen LogP contribution in [0.3, 0.4) is 0 Å². The van der Waals surface area contributed by atoms with Gasteiger partial charge in [0.05, 0.1) is 0 Å². The molecule has 1 heterocycles. The van der Waals surface area contributed by atoms with Crippen LogP contribution in [0.25, 0.3) is 0 Å². The Kier molecular flexibility index (Phi) is 3.46. The Morgan fingerprint density at radius 2 is 1.76 bits per heavy atom. The number of fused-ring (bicyclic) bond motifs is 1.